The van der Waals surface area contributed by atoms with Gasteiger partial charge in [0.1, 0.15) is 0 Å². The molecule has 3 aromatic rings. The van der Waals surface area contributed by atoms with Gasteiger partial charge in [-0.05, 0) is 35.6 Å². The first-order valence-electron chi connectivity index (χ1n) is 9.32. The molecule has 1 saturated heterocycles. The number of ether oxygens (including phenoxy) is 1. The molecule has 128 valence electrons. The second-order valence-electron chi connectivity index (χ2n) is 7.20. The fraction of sp³-hybridized carbons (Fsp3) is 0.364. The van der Waals surface area contributed by atoms with Gasteiger partial charge < -0.3 is 9.30 Å². The Bertz CT molecular complexity index is 907. The Morgan fingerprint density at radius 1 is 0.960 bits per heavy atom. The average molecular weight is 332 g/mol. The summed E-state index contributed by atoms with van der Waals surface area (Å²) in [6.07, 6.45) is 2.36. The number of morpholine rings is 1. The van der Waals surface area contributed by atoms with Crippen molar-refractivity contribution in [2.75, 3.05) is 26.3 Å². The van der Waals surface area contributed by atoms with Crippen molar-refractivity contribution in [1.29, 1.82) is 0 Å². The van der Waals surface area contributed by atoms with Crippen molar-refractivity contribution in [1.82, 2.24) is 9.47 Å². The Hall–Kier alpha value is -2.10. The van der Waals surface area contributed by atoms with Gasteiger partial charge in [0.05, 0.1) is 18.9 Å². The fourth-order valence-electron chi connectivity index (χ4n) is 4.80. The number of aryl methyl sites for hydroxylation is 2. The van der Waals surface area contributed by atoms with Crippen LogP contribution in [0.15, 0.2) is 48.5 Å². The minimum absolute atomic E-state index is 0.533. The summed E-state index contributed by atoms with van der Waals surface area (Å²) >= 11 is 0. The molecule has 3 nitrogen and oxygen atoms in total. The Kier molecular flexibility index (Phi) is 3.65. The Morgan fingerprint density at radius 3 is 2.56 bits per heavy atom. The van der Waals surface area contributed by atoms with Crippen LogP contribution in [0.4, 0.5) is 0 Å². The van der Waals surface area contributed by atoms with Crippen molar-refractivity contribution in [3.05, 3.63) is 59.7 Å². The zero-order valence-corrected chi connectivity index (χ0v) is 14.7. The molecule has 3 heteroatoms. The van der Waals surface area contributed by atoms with Gasteiger partial charge in [-0.1, -0.05) is 42.5 Å². The number of nitrogens with zero attached hydrogens (tertiary/aromatic N) is 2. The Balaban J connectivity index is 1.70. The highest BCUT2D eigenvalue weighted by atomic mass is 16.5. The summed E-state index contributed by atoms with van der Waals surface area (Å²) in [5.41, 5.74) is 7.13. The molecule has 1 fully saturated rings. The van der Waals surface area contributed by atoms with E-state index in [9.17, 15) is 0 Å². The molecular weight excluding hydrogens is 308 g/mol. The topological polar surface area (TPSA) is 17.4 Å². The minimum Gasteiger partial charge on any atom is -0.379 e. The number of hydrogen-bond donors (Lipinski definition) is 0. The molecule has 0 radical (unpaired) electrons. The average Bonchev–Trinajstić information content (AvgIpc) is 2.97. The van der Waals surface area contributed by atoms with E-state index in [1.54, 1.807) is 0 Å². The minimum atomic E-state index is 0.533. The molecule has 2 aliphatic rings. The molecule has 0 bridgehead atoms. The van der Waals surface area contributed by atoms with Crippen molar-refractivity contribution in [2.24, 2.45) is 7.05 Å². The molecule has 1 aliphatic heterocycles. The van der Waals surface area contributed by atoms with E-state index in [-0.39, 0.29) is 0 Å². The van der Waals surface area contributed by atoms with E-state index in [1.165, 1.54) is 39.7 Å². The van der Waals surface area contributed by atoms with Crippen LogP contribution in [-0.4, -0.2) is 35.8 Å². The van der Waals surface area contributed by atoms with Crippen LogP contribution in [0.2, 0.25) is 0 Å². The third-order valence-electron chi connectivity index (χ3n) is 5.92. The van der Waals surface area contributed by atoms with Crippen LogP contribution >= 0.6 is 0 Å². The lowest BCUT2D eigenvalue weighted by molar-refractivity contribution is 0.0141. The highest BCUT2D eigenvalue weighted by Crippen LogP contribution is 2.44. The van der Waals surface area contributed by atoms with Gasteiger partial charge in [-0.2, -0.15) is 0 Å². The van der Waals surface area contributed by atoms with Crippen LogP contribution in [-0.2, 0) is 18.2 Å². The summed E-state index contributed by atoms with van der Waals surface area (Å²) in [4.78, 5) is 2.62. The van der Waals surface area contributed by atoms with Crippen LogP contribution < -0.4 is 0 Å². The predicted octanol–water partition coefficient (Wildman–Crippen LogP) is 4.16. The highest BCUT2D eigenvalue weighted by Gasteiger charge is 2.31. The number of hydrogen-bond acceptors (Lipinski definition) is 2. The second kappa shape index (κ2) is 6.01. The first kappa shape index (κ1) is 15.2. The lowest BCUT2D eigenvalue weighted by Crippen LogP contribution is -2.40. The van der Waals surface area contributed by atoms with E-state index in [4.69, 9.17) is 4.74 Å². The van der Waals surface area contributed by atoms with Gasteiger partial charge in [0.25, 0.3) is 0 Å². The van der Waals surface area contributed by atoms with Gasteiger partial charge in [0.2, 0.25) is 0 Å². The molecule has 1 unspecified atom stereocenters. The lowest BCUT2D eigenvalue weighted by Gasteiger charge is -2.37. The van der Waals surface area contributed by atoms with E-state index in [0.29, 0.717) is 6.04 Å². The standard InChI is InChI=1S/C22H24N2O/c1-23-20-9-5-8-17-19(24-12-14-25-15-13-24)11-10-18(21(17)20)22(23)16-6-3-2-4-7-16/h2-9,19H,10-15H2,1H3. The molecular formula is C22H24N2O. The van der Waals surface area contributed by atoms with Gasteiger partial charge in [0.15, 0.2) is 0 Å². The van der Waals surface area contributed by atoms with Gasteiger partial charge in [0, 0.05) is 37.1 Å². The maximum Gasteiger partial charge on any atom is 0.0594 e. The molecule has 25 heavy (non-hydrogen) atoms. The lowest BCUT2D eigenvalue weighted by atomic mass is 9.86. The second-order valence-corrected chi connectivity index (χ2v) is 7.20. The fourth-order valence-corrected chi connectivity index (χ4v) is 4.80. The summed E-state index contributed by atoms with van der Waals surface area (Å²) in [6.45, 7) is 3.83. The summed E-state index contributed by atoms with van der Waals surface area (Å²) in [5, 5.41) is 1.49. The summed E-state index contributed by atoms with van der Waals surface area (Å²) in [5.74, 6) is 0. The maximum absolute atomic E-state index is 5.57. The van der Waals surface area contributed by atoms with Gasteiger partial charge in [-0.3, -0.25) is 4.90 Å². The first-order valence-corrected chi connectivity index (χ1v) is 9.32. The number of rotatable bonds is 2. The van der Waals surface area contributed by atoms with Gasteiger partial charge >= 0.3 is 0 Å². The van der Waals surface area contributed by atoms with Gasteiger partial charge in [-0.25, -0.2) is 0 Å². The van der Waals surface area contributed by atoms with Crippen LogP contribution in [0, 0.1) is 0 Å². The molecule has 0 amide bonds. The van der Waals surface area contributed by atoms with Crippen LogP contribution in [0.3, 0.4) is 0 Å². The third kappa shape index (κ3) is 2.34. The molecule has 0 spiro atoms. The molecule has 2 heterocycles. The third-order valence-corrected chi connectivity index (χ3v) is 5.92. The van der Waals surface area contributed by atoms with Gasteiger partial charge in [-0.15, -0.1) is 0 Å². The first-order chi connectivity index (χ1) is 12.3. The van der Waals surface area contributed by atoms with Crippen LogP contribution in [0.1, 0.15) is 23.6 Å². The van der Waals surface area contributed by atoms with E-state index in [1.807, 2.05) is 0 Å². The van der Waals surface area contributed by atoms with Crippen LogP contribution in [0.5, 0.6) is 0 Å². The van der Waals surface area contributed by atoms with E-state index >= 15 is 0 Å². The molecule has 0 N–H and O–H groups in total. The summed E-state index contributed by atoms with van der Waals surface area (Å²) in [7, 11) is 2.22. The van der Waals surface area contributed by atoms with Crippen LogP contribution in [0.25, 0.3) is 22.2 Å². The largest absolute Gasteiger partial charge is 0.379 e. The normalized spacial score (nSPS) is 20.9. The van der Waals surface area contributed by atoms with Crippen molar-refractivity contribution < 1.29 is 4.74 Å². The monoisotopic (exact) mass is 332 g/mol. The van der Waals surface area contributed by atoms with E-state index in [0.717, 1.165) is 32.7 Å². The van der Waals surface area contributed by atoms with Crippen molar-refractivity contribution in [3.8, 4) is 11.3 Å². The molecule has 5 rings (SSSR count). The summed E-state index contributed by atoms with van der Waals surface area (Å²) < 4.78 is 7.96. The zero-order chi connectivity index (χ0) is 16.8. The molecule has 1 atom stereocenters. The molecule has 2 aromatic carbocycles. The summed E-state index contributed by atoms with van der Waals surface area (Å²) in [6, 6.07) is 18.2. The molecule has 1 aromatic heterocycles. The Morgan fingerprint density at radius 2 is 1.76 bits per heavy atom. The molecule has 0 saturated carbocycles. The SMILES string of the molecule is Cn1c(-c2ccccc2)c2c3c(cccc31)C(N1CCOCC1)CC2. The number of benzene rings is 2. The predicted molar refractivity (Wildman–Crippen MR) is 102 cm³/mol. The van der Waals surface area contributed by atoms with E-state index < -0.39 is 0 Å². The van der Waals surface area contributed by atoms with E-state index in [2.05, 4.69) is 65.0 Å². The van der Waals surface area contributed by atoms with Crippen molar-refractivity contribution in [3.63, 3.8) is 0 Å². The van der Waals surface area contributed by atoms with Crippen molar-refractivity contribution in [2.45, 2.75) is 18.9 Å². The molecule has 1 aliphatic carbocycles. The maximum atomic E-state index is 5.57. The quantitative estimate of drug-likeness (QED) is 0.701. The smallest absolute Gasteiger partial charge is 0.0594 e. The number of aromatic nitrogens is 1. The Labute approximate surface area is 148 Å². The van der Waals surface area contributed by atoms with Crippen molar-refractivity contribution >= 4 is 10.9 Å². The zero-order valence-electron chi connectivity index (χ0n) is 14.7. The highest BCUT2D eigenvalue weighted by molar-refractivity contribution is 5.95.